The smallest absolute Gasteiger partial charge is 0.335 e. The minimum absolute atomic E-state index is 0.152. The van der Waals surface area contributed by atoms with Gasteiger partial charge in [0.05, 0.1) is 11.3 Å². The van der Waals surface area contributed by atoms with Gasteiger partial charge in [-0.2, -0.15) is 0 Å². The van der Waals surface area contributed by atoms with E-state index in [-0.39, 0.29) is 11.1 Å². The van der Waals surface area contributed by atoms with Crippen molar-refractivity contribution in [1.82, 2.24) is 9.88 Å². The molecule has 1 saturated heterocycles. The van der Waals surface area contributed by atoms with Crippen molar-refractivity contribution < 1.29 is 24.3 Å². The Bertz CT molecular complexity index is 1350. The Labute approximate surface area is 196 Å². The second-order valence-electron chi connectivity index (χ2n) is 7.99. The average molecular weight is 457 g/mol. The first-order valence-electron chi connectivity index (χ1n) is 10.7. The minimum atomic E-state index is -1.01. The number of carbonyl (C=O) groups excluding carboxylic acids is 3. The average Bonchev–Trinajstić information content (AvgIpc) is 3.09. The summed E-state index contributed by atoms with van der Waals surface area (Å²) in [5.74, 6) is -2.47. The zero-order valence-corrected chi connectivity index (χ0v) is 19.0. The standard InChI is InChI=1S/C26H23N3O5/c1-4-17-5-9-21(10-6-17)29-24(31)22(23(30)27-26(29)34)14-19-13-15(2)28(16(19)3)20-11-7-18(8-12-20)25(32)33/h5-14H,4H2,1-3H3,(H,32,33)(H,27,30,34)/b22-14-. The monoisotopic (exact) mass is 457 g/mol. The Hall–Kier alpha value is -4.46. The fourth-order valence-electron chi connectivity index (χ4n) is 4.01. The number of hydrogen-bond acceptors (Lipinski definition) is 4. The molecule has 0 radical (unpaired) electrons. The topological polar surface area (TPSA) is 109 Å². The van der Waals surface area contributed by atoms with Crippen LogP contribution in [-0.4, -0.2) is 33.5 Å². The van der Waals surface area contributed by atoms with E-state index >= 15 is 0 Å². The van der Waals surface area contributed by atoms with E-state index in [4.69, 9.17) is 5.11 Å². The summed E-state index contributed by atoms with van der Waals surface area (Å²) in [6, 6.07) is 14.5. The number of urea groups is 1. The molecule has 2 aromatic carbocycles. The maximum Gasteiger partial charge on any atom is 0.335 e. The molecule has 0 bridgehead atoms. The molecule has 8 heteroatoms. The first kappa shape index (κ1) is 22.7. The first-order chi connectivity index (χ1) is 16.2. The van der Waals surface area contributed by atoms with Crippen LogP contribution in [0, 0.1) is 13.8 Å². The number of amides is 4. The van der Waals surface area contributed by atoms with Gasteiger partial charge in [0, 0.05) is 17.1 Å². The van der Waals surface area contributed by atoms with Crippen molar-refractivity contribution in [1.29, 1.82) is 0 Å². The molecule has 1 aliphatic rings. The maximum atomic E-state index is 13.2. The van der Waals surface area contributed by atoms with Crippen LogP contribution in [0.2, 0.25) is 0 Å². The molecule has 1 fully saturated rings. The summed E-state index contributed by atoms with van der Waals surface area (Å²) in [4.78, 5) is 50.3. The van der Waals surface area contributed by atoms with Gasteiger partial charge in [0.1, 0.15) is 5.57 Å². The van der Waals surface area contributed by atoms with Gasteiger partial charge in [-0.3, -0.25) is 14.9 Å². The Morgan fingerprint density at radius 2 is 1.59 bits per heavy atom. The number of nitrogens with zero attached hydrogens (tertiary/aromatic N) is 2. The van der Waals surface area contributed by atoms with Crippen LogP contribution in [0.25, 0.3) is 11.8 Å². The van der Waals surface area contributed by atoms with Gasteiger partial charge in [-0.05, 0) is 79.9 Å². The third kappa shape index (κ3) is 4.01. The third-order valence-corrected chi connectivity index (χ3v) is 5.85. The van der Waals surface area contributed by atoms with Gasteiger partial charge < -0.3 is 9.67 Å². The zero-order chi connectivity index (χ0) is 24.6. The summed E-state index contributed by atoms with van der Waals surface area (Å²) in [6.07, 6.45) is 2.29. The molecule has 34 heavy (non-hydrogen) atoms. The summed E-state index contributed by atoms with van der Waals surface area (Å²) < 4.78 is 1.90. The number of carboxylic acids is 1. The summed E-state index contributed by atoms with van der Waals surface area (Å²) in [5.41, 5.74) is 4.43. The van der Waals surface area contributed by atoms with Crippen LogP contribution >= 0.6 is 0 Å². The molecule has 0 unspecified atom stereocenters. The number of imide groups is 2. The Morgan fingerprint density at radius 3 is 2.18 bits per heavy atom. The van der Waals surface area contributed by atoms with Crippen molar-refractivity contribution in [3.63, 3.8) is 0 Å². The molecule has 8 nitrogen and oxygen atoms in total. The molecule has 2 heterocycles. The first-order valence-corrected chi connectivity index (χ1v) is 10.7. The third-order valence-electron chi connectivity index (χ3n) is 5.85. The van der Waals surface area contributed by atoms with E-state index in [0.717, 1.165) is 34.0 Å². The normalized spacial score (nSPS) is 15.1. The van der Waals surface area contributed by atoms with E-state index in [2.05, 4.69) is 5.32 Å². The number of hydrogen-bond donors (Lipinski definition) is 2. The highest BCUT2D eigenvalue weighted by atomic mass is 16.4. The lowest BCUT2D eigenvalue weighted by atomic mass is 10.1. The van der Waals surface area contributed by atoms with E-state index in [1.807, 2.05) is 43.5 Å². The van der Waals surface area contributed by atoms with Crippen molar-refractivity contribution >= 4 is 35.6 Å². The second-order valence-corrected chi connectivity index (χ2v) is 7.99. The van der Waals surface area contributed by atoms with E-state index in [1.54, 1.807) is 24.3 Å². The molecular formula is C26H23N3O5. The van der Waals surface area contributed by atoms with Crippen molar-refractivity contribution in [2.24, 2.45) is 0 Å². The van der Waals surface area contributed by atoms with E-state index in [9.17, 15) is 19.2 Å². The van der Waals surface area contributed by atoms with Crippen LogP contribution in [0.3, 0.4) is 0 Å². The van der Waals surface area contributed by atoms with E-state index in [1.165, 1.54) is 18.2 Å². The molecule has 1 aromatic heterocycles. The largest absolute Gasteiger partial charge is 0.478 e. The highest BCUT2D eigenvalue weighted by Crippen LogP contribution is 2.26. The van der Waals surface area contributed by atoms with Gasteiger partial charge in [0.15, 0.2) is 0 Å². The van der Waals surface area contributed by atoms with Crippen molar-refractivity contribution in [3.05, 3.63) is 88.2 Å². The lowest BCUT2D eigenvalue weighted by Crippen LogP contribution is -2.54. The molecule has 3 aromatic rings. The fourth-order valence-corrected chi connectivity index (χ4v) is 4.01. The van der Waals surface area contributed by atoms with Crippen molar-refractivity contribution in [2.45, 2.75) is 27.2 Å². The number of barbiturate groups is 1. The number of benzene rings is 2. The number of anilines is 1. The molecule has 0 spiro atoms. The molecule has 1 aliphatic heterocycles. The number of aryl methyl sites for hydroxylation is 2. The van der Waals surface area contributed by atoms with Crippen LogP contribution in [0.4, 0.5) is 10.5 Å². The zero-order valence-electron chi connectivity index (χ0n) is 19.0. The molecule has 4 amide bonds. The molecule has 0 saturated carbocycles. The highest BCUT2D eigenvalue weighted by molar-refractivity contribution is 6.39. The lowest BCUT2D eigenvalue weighted by molar-refractivity contribution is -0.122. The summed E-state index contributed by atoms with van der Waals surface area (Å²) >= 11 is 0. The van der Waals surface area contributed by atoms with Gasteiger partial charge in [-0.1, -0.05) is 19.1 Å². The van der Waals surface area contributed by atoms with Crippen molar-refractivity contribution in [3.8, 4) is 5.69 Å². The quantitative estimate of drug-likeness (QED) is 0.444. The van der Waals surface area contributed by atoms with Crippen LogP contribution < -0.4 is 10.2 Å². The number of rotatable bonds is 5. The van der Waals surface area contributed by atoms with Crippen LogP contribution in [0.15, 0.2) is 60.2 Å². The predicted octanol–water partition coefficient (Wildman–Crippen LogP) is 4.02. The van der Waals surface area contributed by atoms with Crippen molar-refractivity contribution in [2.75, 3.05) is 4.90 Å². The van der Waals surface area contributed by atoms with Gasteiger partial charge in [-0.25, -0.2) is 14.5 Å². The lowest BCUT2D eigenvalue weighted by Gasteiger charge is -2.26. The molecule has 4 rings (SSSR count). The molecule has 2 N–H and O–H groups in total. The summed E-state index contributed by atoms with van der Waals surface area (Å²) in [7, 11) is 0. The van der Waals surface area contributed by atoms with Gasteiger partial charge in [0.2, 0.25) is 0 Å². The predicted molar refractivity (Wildman–Crippen MR) is 127 cm³/mol. The Morgan fingerprint density at radius 1 is 0.971 bits per heavy atom. The Kier molecular flexibility index (Phi) is 5.89. The number of aromatic carboxylic acids is 1. The molecule has 0 aliphatic carbocycles. The van der Waals surface area contributed by atoms with Crippen LogP contribution in [0.5, 0.6) is 0 Å². The van der Waals surface area contributed by atoms with Gasteiger partial charge in [-0.15, -0.1) is 0 Å². The van der Waals surface area contributed by atoms with Crippen LogP contribution in [0.1, 0.15) is 39.8 Å². The summed E-state index contributed by atoms with van der Waals surface area (Å²) in [5, 5.41) is 11.4. The summed E-state index contributed by atoms with van der Waals surface area (Å²) in [6.45, 7) is 5.71. The Balaban J connectivity index is 1.72. The SMILES string of the molecule is CCc1ccc(N2C(=O)NC(=O)/C(=C/c3cc(C)n(-c4ccc(C(=O)O)cc4)c3C)C2=O)cc1. The fraction of sp³-hybridized carbons (Fsp3) is 0.154. The van der Waals surface area contributed by atoms with E-state index in [0.29, 0.717) is 11.3 Å². The maximum absolute atomic E-state index is 13.2. The van der Waals surface area contributed by atoms with Crippen LogP contribution in [-0.2, 0) is 16.0 Å². The molecular weight excluding hydrogens is 434 g/mol. The number of carbonyl (C=O) groups is 4. The van der Waals surface area contributed by atoms with Gasteiger partial charge in [0.25, 0.3) is 11.8 Å². The number of carboxylic acid groups (broad SMARTS) is 1. The van der Waals surface area contributed by atoms with E-state index < -0.39 is 23.8 Å². The number of nitrogens with one attached hydrogen (secondary N) is 1. The number of aromatic nitrogens is 1. The molecule has 172 valence electrons. The van der Waals surface area contributed by atoms with Gasteiger partial charge >= 0.3 is 12.0 Å². The second kappa shape index (κ2) is 8.82. The minimum Gasteiger partial charge on any atom is -0.478 e. The molecule has 0 atom stereocenters. The highest BCUT2D eigenvalue weighted by Gasteiger charge is 2.37.